The Morgan fingerprint density at radius 2 is 2.38 bits per heavy atom. The number of carbonyl (C=O) groups is 1. The number of alkyl halides is 3. The van der Waals surface area contributed by atoms with Crippen molar-refractivity contribution in [1.82, 2.24) is 10.3 Å². The molecule has 1 aliphatic heterocycles. The number of thiazole rings is 1. The summed E-state index contributed by atoms with van der Waals surface area (Å²) >= 11 is 0.917. The molecule has 1 aliphatic rings. The van der Waals surface area contributed by atoms with Crippen LogP contribution in [0.3, 0.4) is 0 Å². The van der Waals surface area contributed by atoms with E-state index in [0.29, 0.717) is 13.0 Å². The molecule has 1 aromatic rings. The van der Waals surface area contributed by atoms with Crippen molar-refractivity contribution >= 4 is 17.2 Å². The number of hydrogen-bond acceptors (Lipinski definition) is 4. The van der Waals surface area contributed by atoms with Gasteiger partial charge in [0.1, 0.15) is 5.01 Å². The van der Waals surface area contributed by atoms with Crippen LogP contribution in [0.1, 0.15) is 49.4 Å². The summed E-state index contributed by atoms with van der Waals surface area (Å²) in [6.45, 7) is 2.46. The molecular formula is C13H17F3N2O2S. The number of aromatic nitrogens is 1. The number of nitrogens with one attached hydrogen (secondary N) is 1. The van der Waals surface area contributed by atoms with Crippen LogP contribution < -0.4 is 5.32 Å². The van der Waals surface area contributed by atoms with E-state index < -0.39 is 17.9 Å². The molecule has 2 atom stereocenters. The average Bonchev–Trinajstić information content (AvgIpc) is 3.05. The van der Waals surface area contributed by atoms with E-state index in [0.717, 1.165) is 29.6 Å². The predicted molar refractivity (Wildman–Crippen MR) is 71.9 cm³/mol. The highest BCUT2D eigenvalue weighted by Crippen LogP contribution is 2.32. The van der Waals surface area contributed by atoms with Gasteiger partial charge in [-0.25, -0.2) is 4.98 Å². The lowest BCUT2D eigenvalue weighted by molar-refractivity contribution is -0.140. The van der Waals surface area contributed by atoms with Crippen molar-refractivity contribution in [2.75, 3.05) is 6.61 Å². The third-order valence-electron chi connectivity index (χ3n) is 3.29. The lowest BCUT2D eigenvalue weighted by Gasteiger charge is -2.16. The van der Waals surface area contributed by atoms with E-state index in [1.165, 1.54) is 0 Å². The lowest BCUT2D eigenvalue weighted by atomic mass is 10.1. The number of nitrogens with zero attached hydrogens (tertiary/aromatic N) is 1. The summed E-state index contributed by atoms with van der Waals surface area (Å²) in [4.78, 5) is 15.5. The first kappa shape index (κ1) is 16.2. The molecule has 118 valence electrons. The second-order valence-corrected chi connectivity index (χ2v) is 5.83. The molecule has 0 unspecified atom stereocenters. The van der Waals surface area contributed by atoms with Gasteiger partial charge < -0.3 is 10.1 Å². The molecule has 0 aliphatic carbocycles. The maximum Gasteiger partial charge on any atom is 0.434 e. The SMILES string of the molecule is CC[C@@H](NC(=O)C[C@@H]1CCCO1)c1nc(C(F)(F)F)cs1. The van der Waals surface area contributed by atoms with Gasteiger partial charge in [0.25, 0.3) is 0 Å². The number of rotatable bonds is 5. The zero-order valence-corrected chi connectivity index (χ0v) is 12.4. The van der Waals surface area contributed by atoms with E-state index in [9.17, 15) is 18.0 Å². The van der Waals surface area contributed by atoms with Gasteiger partial charge in [0, 0.05) is 12.0 Å². The van der Waals surface area contributed by atoms with E-state index in [2.05, 4.69) is 10.3 Å². The van der Waals surface area contributed by atoms with Gasteiger partial charge in [-0.1, -0.05) is 6.92 Å². The van der Waals surface area contributed by atoms with Crippen LogP contribution in [0.25, 0.3) is 0 Å². The Morgan fingerprint density at radius 3 is 2.90 bits per heavy atom. The molecule has 0 spiro atoms. The molecule has 0 aromatic carbocycles. The molecule has 0 saturated carbocycles. The molecule has 1 fully saturated rings. The van der Waals surface area contributed by atoms with Gasteiger partial charge in [-0.2, -0.15) is 13.2 Å². The van der Waals surface area contributed by atoms with Crippen LogP contribution in [0.5, 0.6) is 0 Å². The molecular weight excluding hydrogens is 305 g/mol. The largest absolute Gasteiger partial charge is 0.434 e. The standard InChI is InChI=1S/C13H17F3N2O2S/c1-2-9(12-18-10(7-21-12)13(14,15)16)17-11(19)6-8-4-3-5-20-8/h7-9H,2-6H2,1H3,(H,17,19)/t8-,9+/m0/s1. The van der Waals surface area contributed by atoms with Crippen molar-refractivity contribution in [2.45, 2.75) is 50.9 Å². The molecule has 0 bridgehead atoms. The fraction of sp³-hybridized carbons (Fsp3) is 0.692. The van der Waals surface area contributed by atoms with Crippen molar-refractivity contribution in [3.63, 3.8) is 0 Å². The summed E-state index contributed by atoms with van der Waals surface area (Å²) in [5.41, 5.74) is -0.908. The minimum Gasteiger partial charge on any atom is -0.378 e. The summed E-state index contributed by atoms with van der Waals surface area (Å²) in [7, 11) is 0. The number of amides is 1. The highest BCUT2D eigenvalue weighted by atomic mass is 32.1. The van der Waals surface area contributed by atoms with Crippen molar-refractivity contribution < 1.29 is 22.7 Å². The zero-order valence-electron chi connectivity index (χ0n) is 11.6. The molecule has 4 nitrogen and oxygen atoms in total. The zero-order chi connectivity index (χ0) is 15.5. The summed E-state index contributed by atoms with van der Waals surface area (Å²) in [5.74, 6) is -0.211. The van der Waals surface area contributed by atoms with E-state index >= 15 is 0 Å². The molecule has 1 aromatic heterocycles. The van der Waals surface area contributed by atoms with Crippen LogP contribution in [-0.4, -0.2) is 23.6 Å². The lowest BCUT2D eigenvalue weighted by Crippen LogP contribution is -2.30. The average molecular weight is 322 g/mol. The second kappa shape index (κ2) is 6.74. The molecule has 2 heterocycles. The Labute approximate surface area is 124 Å². The first-order valence-corrected chi connectivity index (χ1v) is 7.71. The highest BCUT2D eigenvalue weighted by molar-refractivity contribution is 7.09. The minimum absolute atomic E-state index is 0.0791. The number of halogens is 3. The van der Waals surface area contributed by atoms with E-state index in [1.54, 1.807) is 6.92 Å². The van der Waals surface area contributed by atoms with E-state index in [-0.39, 0.29) is 23.4 Å². The fourth-order valence-electron chi connectivity index (χ4n) is 2.18. The van der Waals surface area contributed by atoms with Crippen LogP contribution in [0, 0.1) is 0 Å². The van der Waals surface area contributed by atoms with Gasteiger partial charge >= 0.3 is 6.18 Å². The smallest absolute Gasteiger partial charge is 0.378 e. The number of carbonyl (C=O) groups excluding carboxylic acids is 1. The van der Waals surface area contributed by atoms with Gasteiger partial charge in [0.2, 0.25) is 5.91 Å². The van der Waals surface area contributed by atoms with Gasteiger partial charge in [-0.05, 0) is 19.3 Å². The number of hydrogen-bond donors (Lipinski definition) is 1. The monoisotopic (exact) mass is 322 g/mol. The van der Waals surface area contributed by atoms with Gasteiger partial charge in [0.15, 0.2) is 5.69 Å². The Hall–Kier alpha value is -1.15. The topological polar surface area (TPSA) is 51.2 Å². The molecule has 1 N–H and O–H groups in total. The highest BCUT2D eigenvalue weighted by Gasteiger charge is 2.34. The van der Waals surface area contributed by atoms with E-state index in [1.807, 2.05) is 0 Å². The Kier molecular flexibility index (Phi) is 5.21. The third-order valence-corrected chi connectivity index (χ3v) is 4.25. The Balaban J connectivity index is 1.95. The van der Waals surface area contributed by atoms with Crippen molar-refractivity contribution in [3.8, 4) is 0 Å². The summed E-state index contributed by atoms with van der Waals surface area (Å²) in [6, 6.07) is -0.486. The number of ether oxygens (including phenoxy) is 1. The molecule has 8 heteroatoms. The normalized spacial score (nSPS) is 20.5. The van der Waals surface area contributed by atoms with Gasteiger partial charge in [-0.15, -0.1) is 11.3 Å². The third kappa shape index (κ3) is 4.41. The summed E-state index contributed by atoms with van der Waals surface area (Å²) < 4.78 is 43.0. The van der Waals surface area contributed by atoms with Crippen LogP contribution in [0.4, 0.5) is 13.2 Å². The Morgan fingerprint density at radius 1 is 1.62 bits per heavy atom. The van der Waals surface area contributed by atoms with Crippen molar-refractivity contribution in [3.05, 3.63) is 16.1 Å². The van der Waals surface area contributed by atoms with Crippen LogP contribution in [0.15, 0.2) is 5.38 Å². The van der Waals surface area contributed by atoms with Gasteiger partial charge in [-0.3, -0.25) is 4.79 Å². The van der Waals surface area contributed by atoms with Crippen LogP contribution >= 0.6 is 11.3 Å². The quantitative estimate of drug-likeness (QED) is 0.905. The van der Waals surface area contributed by atoms with Crippen molar-refractivity contribution in [1.29, 1.82) is 0 Å². The Bertz CT molecular complexity index is 484. The maximum absolute atomic E-state index is 12.5. The van der Waals surface area contributed by atoms with Crippen molar-refractivity contribution in [2.24, 2.45) is 0 Å². The van der Waals surface area contributed by atoms with Crippen LogP contribution in [-0.2, 0) is 15.7 Å². The first-order chi connectivity index (χ1) is 9.90. The molecule has 2 rings (SSSR count). The second-order valence-electron chi connectivity index (χ2n) is 4.94. The maximum atomic E-state index is 12.5. The molecule has 21 heavy (non-hydrogen) atoms. The predicted octanol–water partition coefficient (Wildman–Crippen LogP) is 3.30. The minimum atomic E-state index is -4.45. The fourth-order valence-corrected chi connectivity index (χ4v) is 3.14. The van der Waals surface area contributed by atoms with Crippen LogP contribution in [0.2, 0.25) is 0 Å². The molecule has 1 saturated heterocycles. The molecule has 0 radical (unpaired) electrons. The first-order valence-electron chi connectivity index (χ1n) is 6.83. The molecule has 1 amide bonds. The van der Waals surface area contributed by atoms with Gasteiger partial charge in [0.05, 0.1) is 18.6 Å². The summed E-state index contributed by atoms with van der Waals surface area (Å²) in [5, 5.41) is 4.00. The van der Waals surface area contributed by atoms with E-state index in [4.69, 9.17) is 4.74 Å². The summed E-state index contributed by atoms with van der Waals surface area (Å²) in [6.07, 6.45) is -2.01.